The van der Waals surface area contributed by atoms with Gasteiger partial charge < -0.3 is 10.0 Å². The van der Waals surface area contributed by atoms with Gasteiger partial charge in [-0.2, -0.15) is 0 Å². The number of carbonyl (C=O) groups excluding carboxylic acids is 1. The number of carboxylic acid groups (broad SMARTS) is 1. The summed E-state index contributed by atoms with van der Waals surface area (Å²) in [6, 6.07) is 7.49. The van der Waals surface area contributed by atoms with E-state index in [0.29, 0.717) is 12.5 Å². The highest BCUT2D eigenvalue weighted by Gasteiger charge is 2.32. The first-order valence-electron chi connectivity index (χ1n) is 7.34. The summed E-state index contributed by atoms with van der Waals surface area (Å²) in [5.74, 6) is -1.02. The second-order valence-corrected chi connectivity index (χ2v) is 5.97. The van der Waals surface area contributed by atoms with Gasteiger partial charge in [0.25, 0.3) is 0 Å². The Balaban J connectivity index is 1.84. The number of nitrogens with zero attached hydrogens (tertiary/aromatic N) is 1. The zero-order chi connectivity index (χ0) is 15.0. The quantitative estimate of drug-likeness (QED) is 0.868. The van der Waals surface area contributed by atoms with Crippen LogP contribution in [0.25, 0.3) is 0 Å². The lowest BCUT2D eigenvalue weighted by Crippen LogP contribution is -2.40. The highest BCUT2D eigenvalue weighted by molar-refractivity contribution is 5.89. The SMILES string of the molecule is CC(=CC(=O)N1Cc2ccccc2C(C(=O)O)C1)C1CC1. The third-order valence-electron chi connectivity index (χ3n) is 4.38. The third kappa shape index (κ3) is 2.84. The molecule has 1 atom stereocenters. The number of hydrogen-bond acceptors (Lipinski definition) is 2. The monoisotopic (exact) mass is 285 g/mol. The maximum atomic E-state index is 12.4. The second kappa shape index (κ2) is 5.35. The van der Waals surface area contributed by atoms with Crippen molar-refractivity contribution in [3.8, 4) is 0 Å². The normalized spacial score (nSPS) is 21.9. The zero-order valence-corrected chi connectivity index (χ0v) is 12.1. The fraction of sp³-hybridized carbons (Fsp3) is 0.412. The van der Waals surface area contributed by atoms with E-state index in [2.05, 4.69) is 0 Å². The summed E-state index contributed by atoms with van der Waals surface area (Å²) >= 11 is 0. The molecule has 0 aromatic heterocycles. The standard InChI is InChI=1S/C17H19NO3/c1-11(12-6-7-12)8-16(19)18-9-13-4-2-3-5-14(13)15(10-18)17(20)21/h2-5,8,12,15H,6-7,9-10H2,1H3,(H,20,21). The van der Waals surface area contributed by atoms with Crippen LogP contribution in [-0.4, -0.2) is 28.4 Å². The first-order chi connectivity index (χ1) is 10.1. The molecule has 0 bridgehead atoms. The van der Waals surface area contributed by atoms with Crippen LogP contribution in [0, 0.1) is 5.92 Å². The fourth-order valence-electron chi connectivity index (χ4n) is 2.93. The number of hydrogen-bond donors (Lipinski definition) is 1. The van der Waals surface area contributed by atoms with E-state index in [4.69, 9.17) is 0 Å². The Morgan fingerprint density at radius 2 is 2.00 bits per heavy atom. The molecule has 2 aliphatic rings. The van der Waals surface area contributed by atoms with Crippen LogP contribution in [0.15, 0.2) is 35.9 Å². The summed E-state index contributed by atoms with van der Waals surface area (Å²) in [6.07, 6.45) is 4.01. The van der Waals surface area contributed by atoms with E-state index in [-0.39, 0.29) is 12.5 Å². The topological polar surface area (TPSA) is 57.6 Å². The van der Waals surface area contributed by atoms with Crippen molar-refractivity contribution < 1.29 is 14.7 Å². The first-order valence-corrected chi connectivity index (χ1v) is 7.34. The van der Waals surface area contributed by atoms with E-state index in [1.807, 2.05) is 31.2 Å². The minimum absolute atomic E-state index is 0.0693. The summed E-state index contributed by atoms with van der Waals surface area (Å²) in [5, 5.41) is 9.41. The molecular formula is C17H19NO3. The van der Waals surface area contributed by atoms with Crippen LogP contribution < -0.4 is 0 Å². The molecule has 3 rings (SSSR count). The molecule has 0 saturated heterocycles. The molecule has 1 amide bonds. The Hall–Kier alpha value is -2.10. The molecule has 1 aromatic rings. The van der Waals surface area contributed by atoms with E-state index in [1.54, 1.807) is 11.0 Å². The van der Waals surface area contributed by atoms with Gasteiger partial charge >= 0.3 is 5.97 Å². The molecule has 1 N–H and O–H groups in total. The average Bonchev–Trinajstić information content (AvgIpc) is 3.30. The molecule has 1 saturated carbocycles. The molecule has 1 fully saturated rings. The van der Waals surface area contributed by atoms with Crippen molar-refractivity contribution in [1.29, 1.82) is 0 Å². The van der Waals surface area contributed by atoms with Crippen molar-refractivity contribution in [2.24, 2.45) is 5.92 Å². The number of aliphatic carboxylic acids is 1. The maximum absolute atomic E-state index is 12.4. The van der Waals surface area contributed by atoms with Crippen molar-refractivity contribution >= 4 is 11.9 Å². The number of benzene rings is 1. The lowest BCUT2D eigenvalue weighted by atomic mass is 9.89. The molecular weight excluding hydrogens is 266 g/mol. The second-order valence-electron chi connectivity index (χ2n) is 5.97. The van der Waals surface area contributed by atoms with Crippen molar-refractivity contribution in [2.45, 2.75) is 32.2 Å². The van der Waals surface area contributed by atoms with Crippen LogP contribution in [0.5, 0.6) is 0 Å². The summed E-state index contributed by atoms with van der Waals surface area (Å²) in [5.41, 5.74) is 2.88. The van der Waals surface area contributed by atoms with Gasteiger partial charge in [0.05, 0.1) is 5.92 Å². The Morgan fingerprint density at radius 3 is 2.67 bits per heavy atom. The highest BCUT2D eigenvalue weighted by atomic mass is 16.4. The number of allylic oxidation sites excluding steroid dienone is 1. The van der Waals surface area contributed by atoms with Crippen molar-refractivity contribution in [1.82, 2.24) is 4.90 Å². The van der Waals surface area contributed by atoms with Crippen molar-refractivity contribution in [3.63, 3.8) is 0 Å². The minimum atomic E-state index is -0.872. The predicted molar refractivity (Wildman–Crippen MR) is 78.7 cm³/mol. The van der Waals surface area contributed by atoms with Crippen LogP contribution in [0.2, 0.25) is 0 Å². The molecule has 1 unspecified atom stereocenters. The van der Waals surface area contributed by atoms with E-state index in [9.17, 15) is 14.7 Å². The number of rotatable bonds is 3. The Labute approximate surface area is 124 Å². The van der Waals surface area contributed by atoms with Crippen molar-refractivity contribution in [3.05, 3.63) is 47.0 Å². The summed E-state index contributed by atoms with van der Waals surface area (Å²) < 4.78 is 0. The van der Waals surface area contributed by atoms with Crippen LogP contribution >= 0.6 is 0 Å². The van der Waals surface area contributed by atoms with Gasteiger partial charge in [0.15, 0.2) is 0 Å². The molecule has 0 spiro atoms. The Kier molecular flexibility index (Phi) is 3.53. The van der Waals surface area contributed by atoms with Crippen molar-refractivity contribution in [2.75, 3.05) is 6.54 Å². The molecule has 21 heavy (non-hydrogen) atoms. The molecule has 110 valence electrons. The van der Waals surface area contributed by atoms with Crippen LogP contribution in [0.4, 0.5) is 0 Å². The Morgan fingerprint density at radius 1 is 1.29 bits per heavy atom. The van der Waals surface area contributed by atoms with E-state index in [1.165, 1.54) is 0 Å². The van der Waals surface area contributed by atoms with Gasteiger partial charge in [-0.3, -0.25) is 9.59 Å². The molecule has 0 radical (unpaired) electrons. The van der Waals surface area contributed by atoms with Gasteiger partial charge in [0.2, 0.25) is 5.91 Å². The largest absolute Gasteiger partial charge is 0.481 e. The van der Waals surface area contributed by atoms with Gasteiger partial charge in [0.1, 0.15) is 0 Å². The molecule has 4 nitrogen and oxygen atoms in total. The van der Waals surface area contributed by atoms with Gasteiger partial charge in [-0.25, -0.2) is 0 Å². The van der Waals surface area contributed by atoms with Crippen LogP contribution in [0.1, 0.15) is 36.8 Å². The third-order valence-corrected chi connectivity index (χ3v) is 4.38. The van der Waals surface area contributed by atoms with Gasteiger partial charge in [0, 0.05) is 19.2 Å². The van der Waals surface area contributed by atoms with E-state index < -0.39 is 11.9 Å². The predicted octanol–water partition coefficient (Wildman–Crippen LogP) is 2.55. The summed E-state index contributed by atoms with van der Waals surface area (Å²) in [7, 11) is 0. The summed E-state index contributed by atoms with van der Waals surface area (Å²) in [4.78, 5) is 25.5. The first kappa shape index (κ1) is 13.9. The molecule has 1 heterocycles. The molecule has 4 heteroatoms. The number of fused-ring (bicyclic) bond motifs is 1. The fourth-order valence-corrected chi connectivity index (χ4v) is 2.93. The number of carboxylic acids is 1. The van der Waals surface area contributed by atoms with Crippen LogP contribution in [-0.2, 0) is 16.1 Å². The van der Waals surface area contributed by atoms with Crippen LogP contribution in [0.3, 0.4) is 0 Å². The zero-order valence-electron chi connectivity index (χ0n) is 12.1. The lowest BCUT2D eigenvalue weighted by Gasteiger charge is -2.32. The van der Waals surface area contributed by atoms with E-state index >= 15 is 0 Å². The highest BCUT2D eigenvalue weighted by Crippen LogP contribution is 2.36. The smallest absolute Gasteiger partial charge is 0.312 e. The van der Waals surface area contributed by atoms with Gasteiger partial charge in [-0.15, -0.1) is 0 Å². The van der Waals surface area contributed by atoms with E-state index in [0.717, 1.165) is 29.5 Å². The lowest BCUT2D eigenvalue weighted by molar-refractivity contribution is -0.140. The molecule has 1 aromatic carbocycles. The Bertz CT molecular complexity index is 616. The summed E-state index contributed by atoms with van der Waals surface area (Å²) in [6.45, 7) is 2.73. The number of carbonyl (C=O) groups is 2. The molecule has 1 aliphatic carbocycles. The maximum Gasteiger partial charge on any atom is 0.312 e. The average molecular weight is 285 g/mol. The minimum Gasteiger partial charge on any atom is -0.481 e. The van der Waals surface area contributed by atoms with Gasteiger partial charge in [-0.05, 0) is 36.8 Å². The molecule has 1 aliphatic heterocycles. The van der Waals surface area contributed by atoms with Gasteiger partial charge in [-0.1, -0.05) is 29.8 Å². The number of amides is 1.